The largest absolute Gasteiger partial charge is 0.260 e. The van der Waals surface area contributed by atoms with Gasteiger partial charge < -0.3 is 0 Å². The van der Waals surface area contributed by atoms with Crippen molar-refractivity contribution in [3.05, 3.63) is 41.2 Å². The smallest absolute Gasteiger partial charge is 0.0463 e. The van der Waals surface area contributed by atoms with Gasteiger partial charge in [-0.1, -0.05) is 38.4 Å². The maximum atomic E-state index is 5.92. The molecule has 0 radical (unpaired) electrons. The first-order valence-corrected chi connectivity index (χ1v) is 5.40. The van der Waals surface area contributed by atoms with Gasteiger partial charge in [0.2, 0.25) is 0 Å². The number of hydrogen-bond acceptors (Lipinski definition) is 1. The molecule has 78 valence electrons. The standard InChI is InChI=1S/C13H14ClN/c1-13(2,3)12-7-9-4-5-11(14)6-10(9)8-15-12/h4-8H,1-3H3. The third kappa shape index (κ3) is 2.13. The Morgan fingerprint density at radius 3 is 2.47 bits per heavy atom. The topological polar surface area (TPSA) is 12.9 Å². The van der Waals surface area contributed by atoms with E-state index < -0.39 is 0 Å². The molecule has 15 heavy (non-hydrogen) atoms. The van der Waals surface area contributed by atoms with E-state index in [2.05, 4.69) is 31.8 Å². The van der Waals surface area contributed by atoms with Crippen LogP contribution in [0.1, 0.15) is 26.5 Å². The molecular weight excluding hydrogens is 206 g/mol. The number of rotatable bonds is 0. The molecule has 0 saturated carbocycles. The van der Waals surface area contributed by atoms with Gasteiger partial charge in [-0.25, -0.2) is 0 Å². The van der Waals surface area contributed by atoms with E-state index in [1.165, 1.54) is 5.39 Å². The van der Waals surface area contributed by atoms with Crippen molar-refractivity contribution in [3.8, 4) is 0 Å². The van der Waals surface area contributed by atoms with Gasteiger partial charge in [-0.2, -0.15) is 0 Å². The van der Waals surface area contributed by atoms with E-state index in [4.69, 9.17) is 11.6 Å². The van der Waals surface area contributed by atoms with Gasteiger partial charge in [-0.15, -0.1) is 0 Å². The lowest BCUT2D eigenvalue weighted by atomic mass is 9.91. The predicted molar refractivity (Wildman–Crippen MR) is 65.5 cm³/mol. The zero-order valence-corrected chi connectivity index (χ0v) is 9.97. The Balaban J connectivity index is 2.62. The van der Waals surface area contributed by atoms with Crippen LogP contribution < -0.4 is 0 Å². The van der Waals surface area contributed by atoms with Gasteiger partial charge >= 0.3 is 0 Å². The van der Waals surface area contributed by atoms with Gasteiger partial charge in [0.25, 0.3) is 0 Å². The minimum Gasteiger partial charge on any atom is -0.260 e. The molecule has 1 heterocycles. The highest BCUT2D eigenvalue weighted by atomic mass is 35.5. The van der Waals surface area contributed by atoms with Gasteiger partial charge in [-0.05, 0) is 23.6 Å². The molecule has 2 aromatic rings. The lowest BCUT2D eigenvalue weighted by Gasteiger charge is -2.17. The number of nitrogens with zero attached hydrogens (tertiary/aromatic N) is 1. The number of aromatic nitrogens is 1. The molecule has 0 fully saturated rings. The molecule has 0 N–H and O–H groups in total. The zero-order valence-electron chi connectivity index (χ0n) is 9.21. The van der Waals surface area contributed by atoms with Gasteiger partial charge in [0, 0.05) is 27.7 Å². The summed E-state index contributed by atoms with van der Waals surface area (Å²) in [6.07, 6.45) is 1.89. The maximum Gasteiger partial charge on any atom is 0.0463 e. The van der Waals surface area contributed by atoms with Crippen molar-refractivity contribution in [2.45, 2.75) is 26.2 Å². The summed E-state index contributed by atoms with van der Waals surface area (Å²) in [6, 6.07) is 8.02. The Bertz CT molecular complexity index is 497. The fraction of sp³-hybridized carbons (Fsp3) is 0.308. The lowest BCUT2D eigenvalue weighted by Crippen LogP contribution is -2.12. The van der Waals surface area contributed by atoms with Crippen LogP contribution in [0.5, 0.6) is 0 Å². The fourth-order valence-corrected chi connectivity index (χ4v) is 1.70. The highest BCUT2D eigenvalue weighted by Gasteiger charge is 2.15. The minimum absolute atomic E-state index is 0.0911. The quantitative estimate of drug-likeness (QED) is 0.648. The first kappa shape index (κ1) is 10.4. The molecule has 2 rings (SSSR count). The summed E-state index contributed by atoms with van der Waals surface area (Å²) in [5.74, 6) is 0. The van der Waals surface area contributed by atoms with Crippen molar-refractivity contribution < 1.29 is 0 Å². The first-order chi connectivity index (χ1) is 6.97. The van der Waals surface area contributed by atoms with Crippen LogP contribution in [0.15, 0.2) is 30.5 Å². The summed E-state index contributed by atoms with van der Waals surface area (Å²) >= 11 is 5.92. The second-order valence-corrected chi connectivity index (χ2v) is 5.25. The Kier molecular flexibility index (Phi) is 2.43. The number of benzene rings is 1. The molecule has 0 amide bonds. The van der Waals surface area contributed by atoms with Gasteiger partial charge in [-0.3, -0.25) is 4.98 Å². The van der Waals surface area contributed by atoms with Crippen LogP contribution in [0.25, 0.3) is 10.8 Å². The minimum atomic E-state index is 0.0911. The summed E-state index contributed by atoms with van der Waals surface area (Å²) in [6.45, 7) is 6.49. The number of fused-ring (bicyclic) bond motifs is 1. The normalized spacial score (nSPS) is 12.0. The van der Waals surface area contributed by atoms with E-state index in [1.807, 2.05) is 24.4 Å². The average molecular weight is 220 g/mol. The highest BCUT2D eigenvalue weighted by molar-refractivity contribution is 6.31. The van der Waals surface area contributed by atoms with E-state index in [-0.39, 0.29) is 5.41 Å². The molecule has 0 saturated heterocycles. The molecule has 0 aliphatic rings. The Hall–Kier alpha value is -1.08. The van der Waals surface area contributed by atoms with Crippen molar-refractivity contribution in [1.29, 1.82) is 0 Å². The average Bonchev–Trinajstić information content (AvgIpc) is 2.15. The van der Waals surface area contributed by atoms with Crippen LogP contribution in [0.3, 0.4) is 0 Å². The summed E-state index contributed by atoms with van der Waals surface area (Å²) in [7, 11) is 0. The molecule has 2 heteroatoms. The SMILES string of the molecule is CC(C)(C)c1cc2ccc(Cl)cc2cn1. The summed E-state index contributed by atoms with van der Waals surface area (Å²) in [5, 5.41) is 3.04. The van der Waals surface area contributed by atoms with E-state index in [1.54, 1.807) is 0 Å². The Labute approximate surface area is 95.1 Å². The van der Waals surface area contributed by atoms with Crippen LogP contribution >= 0.6 is 11.6 Å². The molecule has 1 aromatic heterocycles. The van der Waals surface area contributed by atoms with Crippen molar-refractivity contribution >= 4 is 22.4 Å². The summed E-state index contributed by atoms with van der Waals surface area (Å²) < 4.78 is 0. The first-order valence-electron chi connectivity index (χ1n) is 5.02. The van der Waals surface area contributed by atoms with Crippen molar-refractivity contribution in [1.82, 2.24) is 4.98 Å². The van der Waals surface area contributed by atoms with E-state index in [0.717, 1.165) is 16.1 Å². The fourth-order valence-electron chi connectivity index (χ4n) is 1.52. The van der Waals surface area contributed by atoms with Gasteiger partial charge in [0.15, 0.2) is 0 Å². The number of hydrogen-bond donors (Lipinski definition) is 0. The molecule has 0 atom stereocenters. The second kappa shape index (κ2) is 3.49. The summed E-state index contributed by atoms with van der Waals surface area (Å²) in [4.78, 5) is 4.46. The highest BCUT2D eigenvalue weighted by Crippen LogP contribution is 2.25. The zero-order chi connectivity index (χ0) is 11.1. The molecule has 0 aliphatic carbocycles. The van der Waals surface area contributed by atoms with Crippen LogP contribution in [-0.4, -0.2) is 4.98 Å². The monoisotopic (exact) mass is 219 g/mol. The second-order valence-electron chi connectivity index (χ2n) is 4.81. The van der Waals surface area contributed by atoms with E-state index in [0.29, 0.717) is 0 Å². The van der Waals surface area contributed by atoms with Crippen molar-refractivity contribution in [2.75, 3.05) is 0 Å². The third-order valence-electron chi connectivity index (χ3n) is 2.45. The molecule has 1 aromatic carbocycles. The van der Waals surface area contributed by atoms with Gasteiger partial charge in [0.05, 0.1) is 0 Å². The number of halogens is 1. The predicted octanol–water partition coefficient (Wildman–Crippen LogP) is 4.19. The molecule has 0 spiro atoms. The molecular formula is C13H14ClN. The van der Waals surface area contributed by atoms with Gasteiger partial charge in [0.1, 0.15) is 0 Å². The molecule has 0 aliphatic heterocycles. The number of pyridine rings is 1. The van der Waals surface area contributed by atoms with Crippen LogP contribution in [0.2, 0.25) is 5.02 Å². The lowest BCUT2D eigenvalue weighted by molar-refractivity contribution is 0.570. The van der Waals surface area contributed by atoms with Crippen LogP contribution in [0, 0.1) is 0 Å². The molecule has 1 nitrogen and oxygen atoms in total. The molecule has 0 bridgehead atoms. The van der Waals surface area contributed by atoms with Crippen molar-refractivity contribution in [3.63, 3.8) is 0 Å². The Morgan fingerprint density at radius 1 is 1.07 bits per heavy atom. The molecule has 0 unspecified atom stereocenters. The van der Waals surface area contributed by atoms with Crippen LogP contribution in [-0.2, 0) is 5.41 Å². The Morgan fingerprint density at radius 2 is 1.80 bits per heavy atom. The third-order valence-corrected chi connectivity index (χ3v) is 2.69. The van der Waals surface area contributed by atoms with Crippen LogP contribution in [0.4, 0.5) is 0 Å². The van der Waals surface area contributed by atoms with E-state index >= 15 is 0 Å². The summed E-state index contributed by atoms with van der Waals surface area (Å²) in [5.41, 5.74) is 1.20. The van der Waals surface area contributed by atoms with Crippen molar-refractivity contribution in [2.24, 2.45) is 0 Å². The van der Waals surface area contributed by atoms with E-state index in [9.17, 15) is 0 Å². The maximum absolute atomic E-state index is 5.92.